The van der Waals surface area contributed by atoms with E-state index in [9.17, 15) is 19.2 Å². The van der Waals surface area contributed by atoms with Crippen LogP contribution in [0, 0.1) is 11.8 Å². The third-order valence-corrected chi connectivity index (χ3v) is 9.96. The van der Waals surface area contributed by atoms with E-state index in [1.165, 1.54) is 16.2 Å². The molecule has 5 atom stereocenters. The third-order valence-electron chi connectivity index (χ3n) is 9.02. The van der Waals surface area contributed by atoms with Crippen LogP contribution in [0.5, 0.6) is 0 Å². The zero-order valence-electron chi connectivity index (χ0n) is 31.8. The minimum Gasteiger partial charge on any atom is -0.461 e. The molecule has 2 rings (SSSR count). The van der Waals surface area contributed by atoms with E-state index in [-0.39, 0.29) is 42.0 Å². The fraction of sp³-hybridized carbons (Fsp3) is 0.811. The van der Waals surface area contributed by atoms with Crippen molar-refractivity contribution in [3.8, 4) is 0 Å². The first-order valence-corrected chi connectivity index (χ1v) is 19.4. The summed E-state index contributed by atoms with van der Waals surface area (Å²) in [7, 11) is 0. The van der Waals surface area contributed by atoms with Gasteiger partial charge in [-0.05, 0) is 72.1 Å². The van der Waals surface area contributed by atoms with Crippen LogP contribution in [-0.4, -0.2) is 88.7 Å². The van der Waals surface area contributed by atoms with Gasteiger partial charge in [-0.25, -0.2) is 14.6 Å². The fourth-order valence-corrected chi connectivity index (χ4v) is 7.01. The normalized spacial score (nSPS) is 17.6. The van der Waals surface area contributed by atoms with Gasteiger partial charge in [-0.2, -0.15) is 0 Å². The molecule has 0 radical (unpaired) electrons. The summed E-state index contributed by atoms with van der Waals surface area (Å²) in [5.41, 5.74) is -0.435. The van der Waals surface area contributed by atoms with E-state index in [4.69, 9.17) is 14.2 Å². The second kappa shape index (κ2) is 20.8. The van der Waals surface area contributed by atoms with Gasteiger partial charge in [0.2, 0.25) is 11.8 Å². The number of ether oxygens (including phenoxy) is 3. The molecular formula is C37H64N4O7S. The molecule has 0 unspecified atom stereocenters. The van der Waals surface area contributed by atoms with Gasteiger partial charge in [-0.3, -0.25) is 14.5 Å². The van der Waals surface area contributed by atoms with E-state index < -0.39 is 35.9 Å². The van der Waals surface area contributed by atoms with Crippen LogP contribution in [0.2, 0.25) is 0 Å². The Hall–Kier alpha value is -2.73. The molecule has 1 fully saturated rings. The lowest BCUT2D eigenvalue weighted by Crippen LogP contribution is -2.60. The fourth-order valence-electron chi connectivity index (χ4n) is 6.16. The quantitative estimate of drug-likeness (QED) is 0.115. The molecule has 1 aromatic heterocycles. The maximum atomic E-state index is 14.8. The van der Waals surface area contributed by atoms with Crippen LogP contribution in [0.4, 0.5) is 4.79 Å². The molecule has 11 nitrogen and oxygen atoms in total. The summed E-state index contributed by atoms with van der Waals surface area (Å²) in [5.74, 6) is -0.993. The van der Waals surface area contributed by atoms with E-state index in [0.29, 0.717) is 44.0 Å². The Labute approximate surface area is 299 Å². The van der Waals surface area contributed by atoms with Gasteiger partial charge in [0, 0.05) is 37.5 Å². The Balaban J connectivity index is 2.44. The molecule has 49 heavy (non-hydrogen) atoms. The first-order valence-electron chi connectivity index (χ1n) is 18.5. The van der Waals surface area contributed by atoms with Crippen LogP contribution in [0.25, 0.3) is 0 Å². The van der Waals surface area contributed by atoms with Gasteiger partial charge >= 0.3 is 12.1 Å². The predicted octanol–water partition coefficient (Wildman–Crippen LogP) is 7.54. The third kappa shape index (κ3) is 13.2. The Bertz CT molecular complexity index is 1180. The molecule has 3 amide bonds. The number of thiazole rings is 1. The van der Waals surface area contributed by atoms with Crippen LogP contribution in [0.3, 0.4) is 0 Å². The minimum atomic E-state index is -0.770. The van der Waals surface area contributed by atoms with Crippen LogP contribution in [0.1, 0.15) is 149 Å². The van der Waals surface area contributed by atoms with Gasteiger partial charge in [-0.15, -0.1) is 11.3 Å². The van der Waals surface area contributed by atoms with Gasteiger partial charge in [-0.1, -0.05) is 60.3 Å². The van der Waals surface area contributed by atoms with Crippen molar-refractivity contribution in [1.82, 2.24) is 20.1 Å². The van der Waals surface area contributed by atoms with Crippen molar-refractivity contribution < 1.29 is 33.4 Å². The van der Waals surface area contributed by atoms with Crippen molar-refractivity contribution in [3.05, 3.63) is 16.1 Å². The number of piperidine rings is 1. The molecule has 1 aliphatic rings. The van der Waals surface area contributed by atoms with Crippen LogP contribution < -0.4 is 5.32 Å². The Morgan fingerprint density at radius 1 is 1.04 bits per heavy atom. The van der Waals surface area contributed by atoms with Crippen molar-refractivity contribution in [2.45, 2.75) is 157 Å². The molecule has 1 aromatic rings. The lowest BCUT2D eigenvalue weighted by Gasteiger charge is -2.40. The first kappa shape index (κ1) is 42.4. The maximum absolute atomic E-state index is 14.8. The molecular weight excluding hydrogens is 644 g/mol. The highest BCUT2D eigenvalue weighted by Gasteiger charge is 2.40. The summed E-state index contributed by atoms with van der Waals surface area (Å²) in [5, 5.41) is 5.49. The molecule has 1 aliphatic heterocycles. The summed E-state index contributed by atoms with van der Waals surface area (Å²) in [4.78, 5) is 62.4. The SMILES string of the molecule is CCCCCCN(C(=O)[C@@H](NC(=O)[C@H]1CCCCN1C(=O)OC(C)(C)C)[C@@H](C)CC)[C@H](C[C@@H](OCC)c1nc(C(=O)OCC)cs1)C(C)C. The predicted molar refractivity (Wildman–Crippen MR) is 194 cm³/mol. The number of aromatic nitrogens is 1. The zero-order valence-corrected chi connectivity index (χ0v) is 32.7. The van der Waals surface area contributed by atoms with Crippen molar-refractivity contribution in [2.24, 2.45) is 11.8 Å². The first-order chi connectivity index (χ1) is 23.2. The van der Waals surface area contributed by atoms with Crippen molar-refractivity contribution in [1.29, 1.82) is 0 Å². The second-order valence-electron chi connectivity index (χ2n) is 14.4. The van der Waals surface area contributed by atoms with Crippen molar-refractivity contribution in [3.63, 3.8) is 0 Å². The van der Waals surface area contributed by atoms with E-state index in [1.807, 2.05) is 46.4 Å². The van der Waals surface area contributed by atoms with E-state index in [2.05, 4.69) is 31.1 Å². The van der Waals surface area contributed by atoms with E-state index in [0.717, 1.165) is 38.5 Å². The monoisotopic (exact) mass is 708 g/mol. The standard InChI is InChI=1S/C37H64N4O7S/c1-11-15-16-18-21-40(29(25(5)6)23-30(46-13-3)33-38-27(24-49-33)35(44)47-14-4)34(43)31(26(7)12-2)39-32(42)28-20-17-19-22-41(28)36(45)48-37(8,9)10/h24-26,28-31H,11-23H2,1-10H3,(H,39,42)/t26-,28+,29+,30+,31-/m0/s1. The Morgan fingerprint density at radius 3 is 2.35 bits per heavy atom. The number of hydrogen-bond donors (Lipinski definition) is 1. The summed E-state index contributed by atoms with van der Waals surface area (Å²) >= 11 is 1.35. The molecule has 280 valence electrons. The molecule has 2 heterocycles. The number of rotatable bonds is 19. The number of carbonyl (C=O) groups is 4. The zero-order chi connectivity index (χ0) is 36.7. The average Bonchev–Trinajstić information content (AvgIpc) is 3.55. The largest absolute Gasteiger partial charge is 0.461 e. The highest BCUT2D eigenvalue weighted by molar-refractivity contribution is 7.09. The van der Waals surface area contributed by atoms with Crippen molar-refractivity contribution in [2.75, 3.05) is 26.3 Å². The average molecular weight is 709 g/mol. The maximum Gasteiger partial charge on any atom is 0.410 e. The highest BCUT2D eigenvalue weighted by Crippen LogP contribution is 2.32. The van der Waals surface area contributed by atoms with Gasteiger partial charge in [0.15, 0.2) is 5.69 Å². The van der Waals surface area contributed by atoms with E-state index >= 15 is 0 Å². The van der Waals surface area contributed by atoms with Crippen LogP contribution >= 0.6 is 11.3 Å². The van der Waals surface area contributed by atoms with Gasteiger partial charge < -0.3 is 24.4 Å². The summed E-state index contributed by atoms with van der Waals surface area (Å²) in [6.07, 6.45) is 6.31. The number of hydrogen-bond acceptors (Lipinski definition) is 9. The molecule has 0 spiro atoms. The number of carbonyl (C=O) groups excluding carboxylic acids is 4. The number of nitrogens with zero attached hydrogens (tertiary/aromatic N) is 3. The molecule has 0 aromatic carbocycles. The molecule has 0 aliphatic carbocycles. The van der Waals surface area contributed by atoms with E-state index in [1.54, 1.807) is 12.3 Å². The number of esters is 1. The number of amides is 3. The van der Waals surface area contributed by atoms with Crippen molar-refractivity contribution >= 4 is 35.2 Å². The number of nitrogens with one attached hydrogen (secondary N) is 1. The topological polar surface area (TPSA) is 127 Å². The second-order valence-corrected chi connectivity index (χ2v) is 15.3. The Kier molecular flexibility index (Phi) is 18.0. The molecule has 1 saturated heterocycles. The summed E-state index contributed by atoms with van der Waals surface area (Å²) in [6.45, 7) is 21.2. The van der Waals surface area contributed by atoms with Crippen LogP contribution in [-0.2, 0) is 23.8 Å². The lowest BCUT2D eigenvalue weighted by molar-refractivity contribution is -0.143. The highest BCUT2D eigenvalue weighted by atomic mass is 32.1. The smallest absolute Gasteiger partial charge is 0.410 e. The molecule has 12 heteroatoms. The van der Waals surface area contributed by atoms with Crippen LogP contribution in [0.15, 0.2) is 5.38 Å². The molecule has 0 bridgehead atoms. The molecule has 1 N–H and O–H groups in total. The summed E-state index contributed by atoms with van der Waals surface area (Å²) < 4.78 is 17.0. The lowest BCUT2D eigenvalue weighted by atomic mass is 9.91. The number of likely N-dealkylation sites (tertiary alicyclic amines) is 1. The summed E-state index contributed by atoms with van der Waals surface area (Å²) in [6, 6.07) is -1.70. The van der Waals surface area contributed by atoms with Gasteiger partial charge in [0.05, 0.1) is 6.61 Å². The number of unbranched alkanes of at least 4 members (excludes halogenated alkanes) is 3. The van der Waals surface area contributed by atoms with Gasteiger partial charge in [0.25, 0.3) is 0 Å². The van der Waals surface area contributed by atoms with Gasteiger partial charge in [0.1, 0.15) is 28.8 Å². The molecule has 0 saturated carbocycles. The minimum absolute atomic E-state index is 0.0665. The Morgan fingerprint density at radius 2 is 1.76 bits per heavy atom.